The van der Waals surface area contributed by atoms with E-state index in [-0.39, 0.29) is 12.4 Å². The summed E-state index contributed by atoms with van der Waals surface area (Å²) >= 11 is 0. The summed E-state index contributed by atoms with van der Waals surface area (Å²) in [5.41, 5.74) is 4.60. The van der Waals surface area contributed by atoms with Crippen molar-refractivity contribution in [3.05, 3.63) is 40.6 Å². The lowest BCUT2D eigenvalue weighted by Gasteiger charge is -2.13. The van der Waals surface area contributed by atoms with E-state index in [1.807, 2.05) is 0 Å². The van der Waals surface area contributed by atoms with Gasteiger partial charge in [0.1, 0.15) is 0 Å². The van der Waals surface area contributed by atoms with E-state index in [0.717, 1.165) is 0 Å². The number of hydrogen-bond donors (Lipinski definition) is 0. The number of hydrogen-bond acceptors (Lipinski definition) is 0. The van der Waals surface area contributed by atoms with Crippen LogP contribution in [0.3, 0.4) is 0 Å². The summed E-state index contributed by atoms with van der Waals surface area (Å²) in [7, 11) is -0.646. The molecule has 1 aliphatic rings. The normalized spacial score (nSPS) is 19.1. The Kier molecular flexibility index (Phi) is 3.80. The fraction of sp³-hybridized carbons (Fsp3) is 0.385. The van der Waals surface area contributed by atoms with E-state index in [1.165, 1.54) is 5.56 Å². The molecule has 0 spiro atoms. The van der Waals surface area contributed by atoms with Crippen molar-refractivity contribution in [3.63, 3.8) is 0 Å². The van der Waals surface area contributed by atoms with Crippen molar-refractivity contribution in [2.45, 2.75) is 32.9 Å². The minimum atomic E-state index is -0.646. The molecule has 15 heavy (non-hydrogen) atoms. The van der Waals surface area contributed by atoms with E-state index < -0.39 is 8.80 Å². The van der Waals surface area contributed by atoms with Gasteiger partial charge in [-0.25, -0.2) is 0 Å². The van der Waals surface area contributed by atoms with Gasteiger partial charge in [0.05, 0.1) is 8.80 Å². The first-order valence-electron chi connectivity index (χ1n) is 5.43. The SMILES string of the molecule is CC1=C([SiH](C)C)C(C)c2ccccc21.Cl. The molecule has 2 rings (SSSR count). The predicted octanol–water partition coefficient (Wildman–Crippen LogP) is 4.02. The Morgan fingerprint density at radius 1 is 1.13 bits per heavy atom. The maximum absolute atomic E-state index is 2.43. The number of halogens is 1. The third-order valence-electron chi connectivity index (χ3n) is 3.35. The lowest BCUT2D eigenvalue weighted by Crippen LogP contribution is -2.09. The molecule has 1 aromatic rings. The van der Waals surface area contributed by atoms with Crippen LogP contribution in [0.25, 0.3) is 5.57 Å². The fourth-order valence-electron chi connectivity index (χ4n) is 2.80. The number of rotatable bonds is 1. The number of allylic oxidation sites excluding steroid dienone is 2. The van der Waals surface area contributed by atoms with Gasteiger partial charge in [0.15, 0.2) is 0 Å². The molecule has 0 aromatic heterocycles. The maximum atomic E-state index is 2.43. The smallest absolute Gasteiger partial charge is 0.0607 e. The van der Waals surface area contributed by atoms with Gasteiger partial charge in [-0.2, -0.15) is 0 Å². The molecule has 0 radical (unpaired) electrons. The Morgan fingerprint density at radius 2 is 1.73 bits per heavy atom. The zero-order chi connectivity index (χ0) is 10.3. The molecule has 0 amide bonds. The average Bonchev–Trinajstić information content (AvgIpc) is 2.41. The van der Waals surface area contributed by atoms with Gasteiger partial charge in [-0.3, -0.25) is 0 Å². The zero-order valence-electron chi connectivity index (χ0n) is 9.87. The monoisotopic (exact) mass is 238 g/mol. The van der Waals surface area contributed by atoms with Crippen molar-refractivity contribution in [2.24, 2.45) is 0 Å². The van der Waals surface area contributed by atoms with E-state index in [2.05, 4.69) is 51.2 Å². The summed E-state index contributed by atoms with van der Waals surface area (Å²) < 4.78 is 0. The van der Waals surface area contributed by atoms with Gasteiger partial charge >= 0.3 is 0 Å². The first-order chi connectivity index (χ1) is 6.63. The molecule has 0 nitrogen and oxygen atoms in total. The third kappa shape index (κ3) is 1.91. The van der Waals surface area contributed by atoms with Crippen molar-refractivity contribution in [2.75, 3.05) is 0 Å². The molecule has 1 atom stereocenters. The minimum Gasteiger partial charge on any atom is -0.147 e. The second-order valence-corrected chi connectivity index (χ2v) is 7.48. The van der Waals surface area contributed by atoms with Crippen LogP contribution in [0.4, 0.5) is 0 Å². The highest BCUT2D eigenvalue weighted by Gasteiger charge is 2.26. The van der Waals surface area contributed by atoms with Crippen LogP contribution in [0.1, 0.15) is 30.9 Å². The van der Waals surface area contributed by atoms with Gasteiger partial charge in [-0.05, 0) is 29.5 Å². The predicted molar refractivity (Wildman–Crippen MR) is 73.6 cm³/mol. The van der Waals surface area contributed by atoms with Gasteiger partial charge in [0.2, 0.25) is 0 Å². The van der Waals surface area contributed by atoms with Crippen LogP contribution in [-0.2, 0) is 0 Å². The van der Waals surface area contributed by atoms with Crippen LogP contribution in [0.15, 0.2) is 29.5 Å². The second-order valence-electron chi connectivity index (χ2n) is 4.54. The topological polar surface area (TPSA) is 0 Å². The quantitative estimate of drug-likeness (QED) is 0.649. The number of fused-ring (bicyclic) bond motifs is 1. The lowest BCUT2D eigenvalue weighted by atomic mass is 10.0. The molecule has 0 heterocycles. The lowest BCUT2D eigenvalue weighted by molar-refractivity contribution is 0.964. The molecule has 0 aliphatic heterocycles. The maximum Gasteiger partial charge on any atom is 0.0607 e. The molecule has 2 heteroatoms. The fourth-order valence-corrected chi connectivity index (χ4v) is 5.00. The van der Waals surface area contributed by atoms with Crippen molar-refractivity contribution in [1.29, 1.82) is 0 Å². The zero-order valence-corrected chi connectivity index (χ0v) is 11.8. The molecule has 1 aliphatic carbocycles. The van der Waals surface area contributed by atoms with Crippen LogP contribution >= 0.6 is 12.4 Å². The third-order valence-corrected chi connectivity index (χ3v) is 5.53. The summed E-state index contributed by atoms with van der Waals surface area (Å²) in [4.78, 5) is 0. The summed E-state index contributed by atoms with van der Waals surface area (Å²) in [6, 6.07) is 8.87. The molecule has 0 fully saturated rings. The van der Waals surface area contributed by atoms with E-state index in [4.69, 9.17) is 0 Å². The van der Waals surface area contributed by atoms with E-state index in [9.17, 15) is 0 Å². The molecular formula is C13H19ClSi. The van der Waals surface area contributed by atoms with Gasteiger partial charge in [-0.15, -0.1) is 12.4 Å². The number of benzene rings is 1. The van der Waals surface area contributed by atoms with Gasteiger partial charge in [0, 0.05) is 0 Å². The van der Waals surface area contributed by atoms with Crippen molar-refractivity contribution >= 4 is 26.8 Å². The highest BCUT2D eigenvalue weighted by atomic mass is 35.5. The van der Waals surface area contributed by atoms with Crippen molar-refractivity contribution < 1.29 is 0 Å². The summed E-state index contributed by atoms with van der Waals surface area (Å²) in [6.07, 6.45) is 0. The Morgan fingerprint density at radius 3 is 2.27 bits per heavy atom. The minimum absolute atomic E-state index is 0. The Bertz CT molecular complexity index is 393. The van der Waals surface area contributed by atoms with Crippen LogP contribution in [-0.4, -0.2) is 8.80 Å². The molecular weight excluding hydrogens is 220 g/mol. The van der Waals surface area contributed by atoms with Gasteiger partial charge in [0.25, 0.3) is 0 Å². The van der Waals surface area contributed by atoms with Crippen LogP contribution < -0.4 is 0 Å². The second kappa shape index (κ2) is 4.54. The average molecular weight is 239 g/mol. The largest absolute Gasteiger partial charge is 0.147 e. The van der Waals surface area contributed by atoms with E-state index in [0.29, 0.717) is 5.92 Å². The van der Waals surface area contributed by atoms with E-state index >= 15 is 0 Å². The summed E-state index contributed by atoms with van der Waals surface area (Å²) in [6.45, 7) is 9.52. The Hall–Kier alpha value is -0.533. The van der Waals surface area contributed by atoms with Gasteiger partial charge in [-0.1, -0.05) is 49.5 Å². The Balaban J connectivity index is 0.00000112. The van der Waals surface area contributed by atoms with Crippen LogP contribution in [0, 0.1) is 0 Å². The van der Waals surface area contributed by atoms with Crippen LogP contribution in [0.5, 0.6) is 0 Å². The Labute approximate surface area is 100 Å². The molecule has 1 unspecified atom stereocenters. The van der Waals surface area contributed by atoms with Crippen molar-refractivity contribution in [3.8, 4) is 0 Å². The van der Waals surface area contributed by atoms with Crippen LogP contribution in [0.2, 0.25) is 13.1 Å². The first kappa shape index (κ1) is 12.5. The molecule has 82 valence electrons. The molecule has 0 saturated carbocycles. The summed E-state index contributed by atoms with van der Waals surface area (Å²) in [5.74, 6) is 0.679. The molecule has 0 bridgehead atoms. The van der Waals surface area contributed by atoms with Gasteiger partial charge < -0.3 is 0 Å². The summed E-state index contributed by atoms with van der Waals surface area (Å²) in [5, 5.41) is 1.76. The highest BCUT2D eigenvalue weighted by molar-refractivity contribution is 6.66. The first-order valence-corrected chi connectivity index (χ1v) is 8.31. The van der Waals surface area contributed by atoms with E-state index in [1.54, 1.807) is 16.3 Å². The molecule has 1 aromatic carbocycles. The molecule has 0 N–H and O–H groups in total. The van der Waals surface area contributed by atoms with Crippen molar-refractivity contribution in [1.82, 2.24) is 0 Å². The highest BCUT2D eigenvalue weighted by Crippen LogP contribution is 2.42. The standard InChI is InChI=1S/C13H18Si.ClH/c1-9-11-7-5-6-8-12(11)10(2)13(9)14(3)4;/h5-9,14H,1-4H3;1H. The molecule has 0 saturated heterocycles.